The number of likely N-dealkylation sites (tertiary alicyclic amines) is 1. The largest absolute Gasteiger partial charge is 0.481 e. The molecule has 2 heterocycles. The molecule has 3 unspecified atom stereocenters. The van der Waals surface area contributed by atoms with Crippen LogP contribution in [0.25, 0.3) is 0 Å². The number of benzene rings is 1. The van der Waals surface area contributed by atoms with Gasteiger partial charge in [-0.1, -0.05) is 12.1 Å². The summed E-state index contributed by atoms with van der Waals surface area (Å²) < 4.78 is 62.1. The fourth-order valence-electron chi connectivity index (χ4n) is 5.90. The number of esters is 1. The fraction of sp³-hybridized carbons (Fsp3) is 0.609. The van der Waals surface area contributed by atoms with Gasteiger partial charge in [-0.15, -0.1) is 0 Å². The number of carbonyl (C=O) groups is 1. The molecule has 1 fully saturated rings. The molecular weight excluding hydrogens is 443 g/mol. The Morgan fingerprint density at radius 2 is 2.09 bits per heavy atom. The van der Waals surface area contributed by atoms with Gasteiger partial charge >= 0.3 is 12.1 Å². The van der Waals surface area contributed by atoms with Crippen molar-refractivity contribution in [3.05, 3.63) is 35.4 Å². The zero-order valence-electron chi connectivity index (χ0n) is 18.5. The summed E-state index contributed by atoms with van der Waals surface area (Å²) >= 11 is 0. The van der Waals surface area contributed by atoms with Crippen LogP contribution in [0.15, 0.2) is 24.3 Å². The van der Waals surface area contributed by atoms with E-state index in [0.29, 0.717) is 24.8 Å². The van der Waals surface area contributed by atoms with E-state index in [1.165, 1.54) is 7.11 Å². The second-order valence-corrected chi connectivity index (χ2v) is 9.41. The van der Waals surface area contributed by atoms with Gasteiger partial charge in [-0.25, -0.2) is 4.79 Å². The van der Waals surface area contributed by atoms with E-state index >= 15 is 0 Å². The van der Waals surface area contributed by atoms with Gasteiger partial charge in [-0.05, 0) is 51.1 Å². The van der Waals surface area contributed by atoms with Crippen molar-refractivity contribution in [1.82, 2.24) is 4.90 Å². The highest BCUT2D eigenvalue weighted by Gasteiger charge is 2.66. The number of hydrogen-bond acceptors (Lipinski definition) is 7. The SMILES string of the molecule is COCOc1ccc2c3c1OC1C(OC(=O)C(C)(O)C(F)(F)F)C=C[C@H]4[C@@H](C2)N(C)CC[C@]314. The zero-order valence-corrected chi connectivity index (χ0v) is 18.5. The minimum atomic E-state index is -5.17. The molecule has 6 atom stereocenters. The number of hydrogen-bond donors (Lipinski definition) is 1. The third kappa shape index (κ3) is 3.03. The first-order valence-electron chi connectivity index (χ1n) is 10.9. The van der Waals surface area contributed by atoms with Crippen molar-refractivity contribution in [3.63, 3.8) is 0 Å². The van der Waals surface area contributed by atoms with Crippen LogP contribution in [-0.4, -0.2) is 73.5 Å². The molecule has 4 aliphatic rings. The number of likely N-dealkylation sites (N-methyl/N-ethyl adjacent to an activating group) is 1. The van der Waals surface area contributed by atoms with Crippen molar-refractivity contribution in [2.45, 2.75) is 55.2 Å². The molecule has 0 saturated carbocycles. The summed E-state index contributed by atoms with van der Waals surface area (Å²) in [5.41, 5.74) is -2.13. The molecule has 0 aromatic heterocycles. The summed E-state index contributed by atoms with van der Waals surface area (Å²) in [6.45, 7) is 1.17. The molecule has 5 rings (SSSR count). The molecule has 2 aliphatic carbocycles. The Morgan fingerprint density at radius 1 is 1.33 bits per heavy atom. The molecule has 33 heavy (non-hydrogen) atoms. The number of aliphatic hydroxyl groups is 1. The number of piperidine rings is 1. The number of alkyl halides is 3. The zero-order chi connectivity index (χ0) is 23.8. The molecule has 1 spiro atoms. The van der Waals surface area contributed by atoms with Crippen molar-refractivity contribution in [1.29, 1.82) is 0 Å². The number of carbonyl (C=O) groups excluding carboxylic acids is 1. The van der Waals surface area contributed by atoms with Crippen LogP contribution < -0.4 is 9.47 Å². The minimum absolute atomic E-state index is 0.00667. The lowest BCUT2D eigenvalue weighted by molar-refractivity contribution is -0.259. The van der Waals surface area contributed by atoms with Crippen LogP contribution in [0.3, 0.4) is 0 Å². The second kappa shape index (κ2) is 7.35. The first-order valence-corrected chi connectivity index (χ1v) is 10.9. The Labute approximate surface area is 189 Å². The lowest BCUT2D eigenvalue weighted by atomic mass is 9.53. The predicted molar refractivity (Wildman–Crippen MR) is 109 cm³/mol. The van der Waals surface area contributed by atoms with Gasteiger partial charge in [0.15, 0.2) is 24.4 Å². The van der Waals surface area contributed by atoms with Crippen molar-refractivity contribution in [2.75, 3.05) is 27.5 Å². The monoisotopic (exact) mass is 469 g/mol. The Hall–Kier alpha value is -2.30. The van der Waals surface area contributed by atoms with Crippen molar-refractivity contribution in [2.24, 2.45) is 5.92 Å². The highest BCUT2D eigenvalue weighted by Crippen LogP contribution is 2.62. The molecule has 1 saturated heterocycles. The molecule has 1 N–H and O–H groups in total. The van der Waals surface area contributed by atoms with Crippen molar-refractivity contribution >= 4 is 5.97 Å². The van der Waals surface area contributed by atoms with E-state index in [1.807, 2.05) is 12.1 Å². The molecule has 2 bridgehead atoms. The van der Waals surface area contributed by atoms with E-state index in [4.69, 9.17) is 18.9 Å². The molecule has 0 amide bonds. The maximum Gasteiger partial charge on any atom is 0.427 e. The van der Waals surface area contributed by atoms with E-state index in [0.717, 1.165) is 24.1 Å². The average molecular weight is 469 g/mol. The normalized spacial score (nSPS) is 33.7. The summed E-state index contributed by atoms with van der Waals surface area (Å²) in [5, 5.41) is 9.82. The Bertz CT molecular complexity index is 1010. The van der Waals surface area contributed by atoms with E-state index < -0.39 is 35.4 Å². The second-order valence-electron chi connectivity index (χ2n) is 9.41. The Morgan fingerprint density at radius 3 is 2.79 bits per heavy atom. The van der Waals surface area contributed by atoms with E-state index in [1.54, 1.807) is 12.1 Å². The smallest absolute Gasteiger partial charge is 0.427 e. The van der Waals surface area contributed by atoms with Gasteiger partial charge in [0.25, 0.3) is 5.60 Å². The topological polar surface area (TPSA) is 77.5 Å². The molecule has 2 aliphatic heterocycles. The number of methoxy groups -OCH3 is 1. The first-order chi connectivity index (χ1) is 15.5. The third-order valence-corrected chi connectivity index (χ3v) is 7.64. The van der Waals surface area contributed by atoms with Crippen molar-refractivity contribution < 1.29 is 42.0 Å². The molecular formula is C23H26F3NO6. The van der Waals surface area contributed by atoms with E-state index in [2.05, 4.69) is 11.9 Å². The fourth-order valence-corrected chi connectivity index (χ4v) is 5.90. The number of halogens is 3. The number of nitrogens with zero attached hydrogens (tertiary/aromatic N) is 1. The number of ether oxygens (including phenoxy) is 4. The molecule has 180 valence electrons. The molecule has 0 radical (unpaired) electrons. The van der Waals surface area contributed by atoms with Crippen LogP contribution >= 0.6 is 0 Å². The standard InChI is InChI=1S/C23H26F3NO6/c1-21(29,23(24,25)26)20(28)32-16-7-5-13-14-10-12-4-6-15(31-11-30-3)18-17(12)22(13,19(16)33-18)8-9-27(14)2/h4-7,13-14,16,19,29H,8-11H2,1-3H3/t13-,14+,16?,19?,21?,22-/m0/s1. The van der Waals surface area contributed by atoms with Crippen LogP contribution in [0.5, 0.6) is 11.5 Å². The maximum absolute atomic E-state index is 13.2. The maximum atomic E-state index is 13.2. The highest BCUT2D eigenvalue weighted by atomic mass is 19.4. The molecule has 10 heteroatoms. The summed E-state index contributed by atoms with van der Waals surface area (Å²) in [7, 11) is 3.56. The summed E-state index contributed by atoms with van der Waals surface area (Å²) in [4.78, 5) is 14.7. The number of rotatable bonds is 5. The van der Waals surface area contributed by atoms with Gasteiger partial charge in [0, 0.05) is 30.0 Å². The van der Waals surface area contributed by atoms with Gasteiger partial charge < -0.3 is 29.0 Å². The molecule has 1 aromatic rings. The third-order valence-electron chi connectivity index (χ3n) is 7.64. The quantitative estimate of drug-likeness (QED) is 0.403. The summed E-state index contributed by atoms with van der Waals surface area (Å²) in [6, 6.07) is 3.98. The van der Waals surface area contributed by atoms with Crippen LogP contribution in [0.4, 0.5) is 13.2 Å². The summed E-state index contributed by atoms with van der Waals surface area (Å²) in [5.74, 6) is -0.723. The lowest BCUT2D eigenvalue weighted by Gasteiger charge is -2.56. The van der Waals surface area contributed by atoms with E-state index in [9.17, 15) is 23.1 Å². The Kier molecular flexibility index (Phi) is 5.01. The highest BCUT2D eigenvalue weighted by molar-refractivity contribution is 5.80. The average Bonchev–Trinajstić information content (AvgIpc) is 3.10. The summed E-state index contributed by atoms with van der Waals surface area (Å²) in [6.07, 6.45) is -2.00. The van der Waals surface area contributed by atoms with Crippen LogP contribution in [0.1, 0.15) is 24.5 Å². The lowest BCUT2D eigenvalue weighted by Crippen LogP contribution is -2.65. The van der Waals surface area contributed by atoms with E-state index in [-0.39, 0.29) is 18.8 Å². The molecule has 7 nitrogen and oxygen atoms in total. The van der Waals surface area contributed by atoms with Gasteiger partial charge in [-0.2, -0.15) is 13.2 Å². The van der Waals surface area contributed by atoms with Gasteiger partial charge in [0.05, 0.1) is 0 Å². The van der Waals surface area contributed by atoms with Crippen LogP contribution in [-0.2, 0) is 26.1 Å². The molecule has 1 aromatic carbocycles. The van der Waals surface area contributed by atoms with Crippen LogP contribution in [0.2, 0.25) is 0 Å². The first kappa shape index (κ1) is 22.5. The Balaban J connectivity index is 1.57. The van der Waals surface area contributed by atoms with Gasteiger partial charge in [0.2, 0.25) is 0 Å². The van der Waals surface area contributed by atoms with Gasteiger partial charge in [0.1, 0.15) is 6.10 Å². The minimum Gasteiger partial charge on any atom is -0.481 e. The van der Waals surface area contributed by atoms with Gasteiger partial charge in [-0.3, -0.25) is 0 Å². The predicted octanol–water partition coefficient (Wildman–Crippen LogP) is 2.34. The van der Waals surface area contributed by atoms with Crippen molar-refractivity contribution in [3.8, 4) is 11.5 Å². The van der Waals surface area contributed by atoms with Crippen LogP contribution in [0, 0.1) is 5.92 Å².